The minimum Gasteiger partial charge on any atom is -0.508 e. The Kier molecular flexibility index (Phi) is 7.97. The highest BCUT2D eigenvalue weighted by Crippen LogP contribution is 2.26. The second-order valence-corrected chi connectivity index (χ2v) is 10.0. The van der Waals surface area contributed by atoms with Crippen molar-refractivity contribution in [3.05, 3.63) is 89.0 Å². The van der Waals surface area contributed by atoms with Crippen LogP contribution < -0.4 is 10.0 Å². The third-order valence-electron chi connectivity index (χ3n) is 5.33. The number of phenolic OH excluding ortho intramolecular Hbond substituents is 2. The van der Waals surface area contributed by atoms with Gasteiger partial charge in [0.15, 0.2) is 0 Å². The molecule has 7 nitrogen and oxygen atoms in total. The van der Waals surface area contributed by atoms with Crippen LogP contribution in [-0.2, 0) is 22.9 Å². The standard InChI is InChI=1S/C25H30N2O5S/c1-17-12-20(9-11-24(17)29)22(14-18-6-4-3-5-7-18)26-16-21(28)13-19-8-10-25(30)23(15-19)27-33(2,31)32/h3-12,15,21-22,26-30H,13-14,16H2,1-2H3/t21-,22+/m0/s1. The Balaban J connectivity index is 1.71. The number of benzene rings is 3. The van der Waals surface area contributed by atoms with Gasteiger partial charge in [0.05, 0.1) is 18.0 Å². The van der Waals surface area contributed by atoms with Gasteiger partial charge in [0.2, 0.25) is 10.0 Å². The van der Waals surface area contributed by atoms with Crippen molar-refractivity contribution >= 4 is 15.7 Å². The number of sulfonamides is 1. The Morgan fingerprint density at radius 1 is 0.879 bits per heavy atom. The van der Waals surface area contributed by atoms with Gasteiger partial charge in [-0.25, -0.2) is 8.42 Å². The summed E-state index contributed by atoms with van der Waals surface area (Å²) in [6.45, 7) is 2.15. The maximum absolute atomic E-state index is 11.5. The van der Waals surface area contributed by atoms with Crippen LogP contribution in [0.4, 0.5) is 5.69 Å². The van der Waals surface area contributed by atoms with Gasteiger partial charge in [-0.05, 0) is 60.2 Å². The summed E-state index contributed by atoms with van der Waals surface area (Å²) in [4.78, 5) is 0. The first-order valence-corrected chi connectivity index (χ1v) is 12.5. The average molecular weight is 471 g/mol. The first-order chi connectivity index (χ1) is 15.6. The molecule has 0 saturated carbocycles. The van der Waals surface area contributed by atoms with E-state index in [2.05, 4.69) is 10.0 Å². The van der Waals surface area contributed by atoms with E-state index in [1.54, 1.807) is 12.1 Å². The number of nitrogens with one attached hydrogen (secondary N) is 2. The van der Waals surface area contributed by atoms with Crippen LogP contribution in [0.25, 0.3) is 0 Å². The van der Waals surface area contributed by atoms with E-state index in [9.17, 15) is 23.7 Å². The summed E-state index contributed by atoms with van der Waals surface area (Å²) in [5.74, 6) is 0.0606. The Bertz CT molecular complexity index is 1180. The fourth-order valence-electron chi connectivity index (χ4n) is 3.67. The van der Waals surface area contributed by atoms with Crippen LogP contribution in [0.5, 0.6) is 11.5 Å². The van der Waals surface area contributed by atoms with E-state index in [-0.39, 0.29) is 29.6 Å². The molecular formula is C25H30N2O5S. The lowest BCUT2D eigenvalue weighted by molar-refractivity contribution is 0.167. The summed E-state index contributed by atoms with van der Waals surface area (Å²) >= 11 is 0. The number of aromatic hydroxyl groups is 2. The molecule has 176 valence electrons. The predicted octanol–water partition coefficient (Wildman–Crippen LogP) is 3.25. The molecule has 0 aliphatic heterocycles. The number of anilines is 1. The molecule has 0 aliphatic carbocycles. The lowest BCUT2D eigenvalue weighted by atomic mass is 9.96. The molecule has 5 N–H and O–H groups in total. The average Bonchev–Trinajstić information content (AvgIpc) is 2.75. The highest BCUT2D eigenvalue weighted by atomic mass is 32.2. The van der Waals surface area contributed by atoms with Crippen molar-refractivity contribution < 1.29 is 23.7 Å². The molecule has 33 heavy (non-hydrogen) atoms. The normalized spacial score (nSPS) is 13.4. The van der Waals surface area contributed by atoms with Gasteiger partial charge in [-0.3, -0.25) is 4.72 Å². The molecule has 2 atom stereocenters. The van der Waals surface area contributed by atoms with Gasteiger partial charge in [0, 0.05) is 12.6 Å². The predicted molar refractivity (Wildman–Crippen MR) is 130 cm³/mol. The lowest BCUT2D eigenvalue weighted by Gasteiger charge is -2.22. The molecule has 0 spiro atoms. The second kappa shape index (κ2) is 10.7. The zero-order valence-corrected chi connectivity index (χ0v) is 19.5. The van der Waals surface area contributed by atoms with Crippen molar-refractivity contribution in [2.75, 3.05) is 17.5 Å². The third-order valence-corrected chi connectivity index (χ3v) is 5.92. The first-order valence-electron chi connectivity index (χ1n) is 10.7. The van der Waals surface area contributed by atoms with Crippen molar-refractivity contribution in [1.82, 2.24) is 5.32 Å². The van der Waals surface area contributed by atoms with Crippen LogP contribution in [0.15, 0.2) is 66.7 Å². The van der Waals surface area contributed by atoms with Crippen molar-refractivity contribution in [1.29, 1.82) is 0 Å². The minimum atomic E-state index is -3.54. The van der Waals surface area contributed by atoms with Crippen LogP contribution in [0.1, 0.15) is 28.3 Å². The fraction of sp³-hybridized carbons (Fsp3) is 0.280. The van der Waals surface area contributed by atoms with Crippen molar-refractivity contribution in [2.24, 2.45) is 0 Å². The van der Waals surface area contributed by atoms with Crippen LogP contribution in [0, 0.1) is 6.92 Å². The summed E-state index contributed by atoms with van der Waals surface area (Å²) in [6.07, 6.45) is 1.25. The molecule has 0 heterocycles. The largest absolute Gasteiger partial charge is 0.508 e. The lowest BCUT2D eigenvalue weighted by Crippen LogP contribution is -2.32. The quantitative estimate of drug-likeness (QED) is 0.290. The maximum atomic E-state index is 11.5. The maximum Gasteiger partial charge on any atom is 0.229 e. The molecule has 0 radical (unpaired) electrons. The number of aliphatic hydroxyl groups is 1. The first kappa shape index (κ1) is 24.6. The van der Waals surface area contributed by atoms with Crippen LogP contribution in [-0.4, -0.2) is 42.6 Å². The second-order valence-electron chi connectivity index (χ2n) is 8.28. The zero-order chi connectivity index (χ0) is 24.0. The van der Waals surface area contributed by atoms with Gasteiger partial charge in [0.25, 0.3) is 0 Å². The van der Waals surface area contributed by atoms with Crippen molar-refractivity contribution in [3.63, 3.8) is 0 Å². The summed E-state index contributed by atoms with van der Waals surface area (Å²) in [5, 5.41) is 33.9. The van der Waals surface area contributed by atoms with E-state index < -0.39 is 16.1 Å². The molecule has 0 bridgehead atoms. The Labute approximate surface area is 194 Å². The van der Waals surface area contributed by atoms with Crippen molar-refractivity contribution in [3.8, 4) is 11.5 Å². The summed E-state index contributed by atoms with van der Waals surface area (Å²) in [5.41, 5.74) is 3.70. The van der Waals surface area contributed by atoms with Gasteiger partial charge in [-0.15, -0.1) is 0 Å². The topological polar surface area (TPSA) is 119 Å². The van der Waals surface area contributed by atoms with E-state index in [1.165, 1.54) is 12.1 Å². The van der Waals surface area contributed by atoms with E-state index in [0.717, 1.165) is 22.9 Å². The van der Waals surface area contributed by atoms with E-state index in [0.29, 0.717) is 18.5 Å². The molecule has 8 heteroatoms. The molecule has 0 aliphatic rings. The number of aliphatic hydroxyl groups excluding tert-OH is 1. The monoisotopic (exact) mass is 470 g/mol. The molecule has 3 rings (SSSR count). The van der Waals surface area contributed by atoms with E-state index >= 15 is 0 Å². The SMILES string of the molecule is Cc1cc([C@@H](Cc2ccccc2)NC[C@@H](O)Cc2ccc(O)c(NS(C)(=O)=O)c2)ccc1O. The molecule has 3 aromatic carbocycles. The molecule has 0 unspecified atom stereocenters. The molecular weight excluding hydrogens is 440 g/mol. The highest BCUT2D eigenvalue weighted by Gasteiger charge is 2.16. The summed E-state index contributed by atoms with van der Waals surface area (Å²) in [7, 11) is -3.54. The number of phenols is 2. The van der Waals surface area contributed by atoms with Crippen molar-refractivity contribution in [2.45, 2.75) is 31.9 Å². The Hall–Kier alpha value is -3.07. The smallest absolute Gasteiger partial charge is 0.229 e. The molecule has 0 fully saturated rings. The molecule has 3 aromatic rings. The molecule has 0 saturated heterocycles. The zero-order valence-electron chi connectivity index (χ0n) is 18.7. The Morgan fingerprint density at radius 2 is 1.58 bits per heavy atom. The number of hydrogen-bond acceptors (Lipinski definition) is 6. The van der Waals surface area contributed by atoms with E-state index in [4.69, 9.17) is 0 Å². The third kappa shape index (κ3) is 7.49. The summed E-state index contributed by atoms with van der Waals surface area (Å²) in [6, 6.07) is 20.0. The van der Waals surface area contributed by atoms with Gasteiger partial charge in [-0.2, -0.15) is 0 Å². The number of rotatable bonds is 10. The summed E-state index contributed by atoms with van der Waals surface area (Å²) < 4.78 is 25.3. The number of aryl methyl sites for hydroxylation is 1. The minimum absolute atomic E-state index is 0.0800. The fourth-order valence-corrected chi connectivity index (χ4v) is 4.23. The Morgan fingerprint density at radius 3 is 2.24 bits per heavy atom. The van der Waals surface area contributed by atoms with Crippen LogP contribution >= 0.6 is 0 Å². The van der Waals surface area contributed by atoms with E-state index in [1.807, 2.05) is 49.4 Å². The van der Waals surface area contributed by atoms with Crippen LogP contribution in [0.3, 0.4) is 0 Å². The highest BCUT2D eigenvalue weighted by molar-refractivity contribution is 7.92. The number of hydrogen-bond donors (Lipinski definition) is 5. The van der Waals surface area contributed by atoms with Gasteiger partial charge in [0.1, 0.15) is 11.5 Å². The molecule has 0 amide bonds. The van der Waals surface area contributed by atoms with Gasteiger partial charge >= 0.3 is 0 Å². The van der Waals surface area contributed by atoms with Gasteiger partial charge in [-0.1, -0.05) is 48.5 Å². The van der Waals surface area contributed by atoms with Crippen LogP contribution in [0.2, 0.25) is 0 Å². The molecule has 0 aromatic heterocycles. The van der Waals surface area contributed by atoms with Gasteiger partial charge < -0.3 is 20.6 Å².